The molecule has 21 heavy (non-hydrogen) atoms. The van der Waals surface area contributed by atoms with Crippen molar-refractivity contribution in [3.63, 3.8) is 0 Å². The van der Waals surface area contributed by atoms with Gasteiger partial charge in [0.2, 0.25) is 0 Å². The third-order valence-electron chi connectivity index (χ3n) is 3.43. The molecule has 0 aliphatic heterocycles. The molecule has 0 fully saturated rings. The van der Waals surface area contributed by atoms with E-state index < -0.39 is 0 Å². The van der Waals surface area contributed by atoms with Crippen LogP contribution in [-0.2, 0) is 13.1 Å². The third-order valence-corrected chi connectivity index (χ3v) is 3.43. The van der Waals surface area contributed by atoms with Crippen LogP contribution in [-0.4, -0.2) is 18.6 Å². The van der Waals surface area contributed by atoms with Gasteiger partial charge in [-0.05, 0) is 32.0 Å². The van der Waals surface area contributed by atoms with Gasteiger partial charge in [-0.1, -0.05) is 6.92 Å². The molecule has 2 heterocycles. The number of rotatable bonds is 7. The van der Waals surface area contributed by atoms with Gasteiger partial charge in [0.15, 0.2) is 11.6 Å². The lowest BCUT2D eigenvalue weighted by molar-refractivity contribution is 0.528. The number of halogens is 1. The van der Waals surface area contributed by atoms with E-state index in [9.17, 15) is 4.39 Å². The summed E-state index contributed by atoms with van der Waals surface area (Å²) in [5, 5.41) is 3.21. The first kappa shape index (κ1) is 15.5. The minimum atomic E-state index is -0.259. The Labute approximate surface area is 125 Å². The number of nitrogens with one attached hydrogen (secondary N) is 1. The zero-order valence-electron chi connectivity index (χ0n) is 12.8. The van der Waals surface area contributed by atoms with E-state index in [0.29, 0.717) is 24.5 Å². The van der Waals surface area contributed by atoms with Crippen LogP contribution in [0.3, 0.4) is 0 Å². The van der Waals surface area contributed by atoms with Gasteiger partial charge in [-0.15, -0.1) is 0 Å². The fourth-order valence-corrected chi connectivity index (χ4v) is 2.18. The molecule has 114 valence electrons. The van der Waals surface area contributed by atoms with Crippen LogP contribution in [0.25, 0.3) is 0 Å². The van der Waals surface area contributed by atoms with Gasteiger partial charge in [-0.2, -0.15) is 0 Å². The van der Waals surface area contributed by atoms with Gasteiger partial charge in [0, 0.05) is 37.5 Å². The van der Waals surface area contributed by atoms with E-state index in [4.69, 9.17) is 4.42 Å². The zero-order valence-corrected chi connectivity index (χ0v) is 12.8. The van der Waals surface area contributed by atoms with Gasteiger partial charge in [-0.3, -0.25) is 0 Å². The van der Waals surface area contributed by atoms with Crippen LogP contribution in [0, 0.1) is 12.7 Å². The SMILES string of the molecule is CCCNCc1ccnc(N(C)Cc2ccoc2C)c1F. The van der Waals surface area contributed by atoms with E-state index in [1.54, 1.807) is 23.4 Å². The molecule has 0 unspecified atom stereocenters. The summed E-state index contributed by atoms with van der Waals surface area (Å²) >= 11 is 0. The van der Waals surface area contributed by atoms with Crippen molar-refractivity contribution < 1.29 is 8.81 Å². The summed E-state index contributed by atoms with van der Waals surface area (Å²) in [7, 11) is 1.83. The Morgan fingerprint density at radius 2 is 2.14 bits per heavy atom. The number of hydrogen-bond donors (Lipinski definition) is 1. The molecule has 1 N–H and O–H groups in total. The smallest absolute Gasteiger partial charge is 0.170 e. The van der Waals surface area contributed by atoms with E-state index in [-0.39, 0.29) is 5.82 Å². The number of aryl methyl sites for hydroxylation is 1. The number of furan rings is 1. The summed E-state index contributed by atoms with van der Waals surface area (Å²) < 4.78 is 19.8. The van der Waals surface area contributed by atoms with Crippen molar-refractivity contribution in [1.29, 1.82) is 0 Å². The van der Waals surface area contributed by atoms with E-state index >= 15 is 0 Å². The minimum Gasteiger partial charge on any atom is -0.469 e. The number of anilines is 1. The maximum absolute atomic E-state index is 14.5. The van der Waals surface area contributed by atoms with Crippen molar-refractivity contribution in [1.82, 2.24) is 10.3 Å². The van der Waals surface area contributed by atoms with Crippen molar-refractivity contribution in [2.24, 2.45) is 0 Å². The molecule has 0 atom stereocenters. The van der Waals surface area contributed by atoms with Crippen molar-refractivity contribution in [2.45, 2.75) is 33.4 Å². The van der Waals surface area contributed by atoms with Crippen LogP contribution in [0.2, 0.25) is 0 Å². The van der Waals surface area contributed by atoms with Gasteiger partial charge in [0.1, 0.15) is 5.76 Å². The second-order valence-corrected chi connectivity index (χ2v) is 5.14. The molecule has 0 aliphatic carbocycles. The normalized spacial score (nSPS) is 10.9. The lowest BCUT2D eigenvalue weighted by atomic mass is 10.2. The molecule has 2 aromatic heterocycles. The fraction of sp³-hybridized carbons (Fsp3) is 0.438. The monoisotopic (exact) mass is 291 g/mol. The topological polar surface area (TPSA) is 41.3 Å². The van der Waals surface area contributed by atoms with Crippen molar-refractivity contribution in [3.05, 3.63) is 47.3 Å². The Balaban J connectivity index is 2.11. The molecule has 0 aromatic carbocycles. The molecule has 2 rings (SSSR count). The Hall–Kier alpha value is -1.88. The molecule has 0 spiro atoms. The van der Waals surface area contributed by atoms with Crippen LogP contribution in [0.15, 0.2) is 29.0 Å². The maximum atomic E-state index is 14.5. The summed E-state index contributed by atoms with van der Waals surface area (Å²) in [6.45, 7) is 5.95. The quantitative estimate of drug-likeness (QED) is 0.795. The maximum Gasteiger partial charge on any atom is 0.170 e. The largest absolute Gasteiger partial charge is 0.469 e. The minimum absolute atomic E-state index is 0.259. The van der Waals surface area contributed by atoms with Crippen molar-refractivity contribution in [3.8, 4) is 0 Å². The van der Waals surface area contributed by atoms with Crippen LogP contribution < -0.4 is 10.2 Å². The van der Waals surface area contributed by atoms with Gasteiger partial charge in [-0.25, -0.2) is 9.37 Å². The Bertz CT molecular complexity index is 583. The molecular weight excluding hydrogens is 269 g/mol. The van der Waals surface area contributed by atoms with E-state index in [1.807, 2.05) is 20.0 Å². The van der Waals surface area contributed by atoms with Crippen LogP contribution in [0.4, 0.5) is 10.2 Å². The molecule has 5 heteroatoms. The van der Waals surface area contributed by atoms with E-state index in [0.717, 1.165) is 24.3 Å². The second-order valence-electron chi connectivity index (χ2n) is 5.14. The molecule has 0 radical (unpaired) electrons. The standard InChI is InChI=1S/C16H22FN3O/c1-4-7-18-10-13-5-8-19-16(15(13)17)20(3)11-14-6-9-21-12(14)2/h5-6,8-9,18H,4,7,10-11H2,1-3H3. The van der Waals surface area contributed by atoms with Gasteiger partial charge in [0.05, 0.1) is 6.26 Å². The number of aromatic nitrogens is 1. The first-order chi connectivity index (χ1) is 10.1. The Morgan fingerprint density at radius 1 is 1.33 bits per heavy atom. The number of pyridine rings is 1. The fourth-order valence-electron chi connectivity index (χ4n) is 2.18. The molecular formula is C16H22FN3O. The molecule has 0 aliphatic rings. The summed E-state index contributed by atoms with van der Waals surface area (Å²) in [6, 6.07) is 3.62. The van der Waals surface area contributed by atoms with Crippen LogP contribution in [0.5, 0.6) is 0 Å². The molecule has 0 saturated carbocycles. The molecule has 4 nitrogen and oxygen atoms in total. The first-order valence-corrected chi connectivity index (χ1v) is 7.21. The van der Waals surface area contributed by atoms with Crippen molar-refractivity contribution in [2.75, 3.05) is 18.5 Å². The molecule has 0 amide bonds. The predicted molar refractivity (Wildman–Crippen MR) is 81.7 cm³/mol. The lowest BCUT2D eigenvalue weighted by Crippen LogP contribution is -2.21. The summed E-state index contributed by atoms with van der Waals surface area (Å²) in [6.07, 6.45) is 4.33. The average Bonchev–Trinajstić information content (AvgIpc) is 2.86. The van der Waals surface area contributed by atoms with Gasteiger partial charge >= 0.3 is 0 Å². The first-order valence-electron chi connectivity index (χ1n) is 7.21. The van der Waals surface area contributed by atoms with Gasteiger partial charge < -0.3 is 14.6 Å². The summed E-state index contributed by atoms with van der Waals surface area (Å²) in [5.74, 6) is 0.958. The lowest BCUT2D eigenvalue weighted by Gasteiger charge is -2.19. The predicted octanol–water partition coefficient (Wildman–Crippen LogP) is 3.26. The van der Waals surface area contributed by atoms with Crippen molar-refractivity contribution >= 4 is 5.82 Å². The van der Waals surface area contributed by atoms with Gasteiger partial charge in [0.25, 0.3) is 0 Å². The van der Waals surface area contributed by atoms with Crippen LogP contribution in [0.1, 0.15) is 30.2 Å². The summed E-state index contributed by atoms with van der Waals surface area (Å²) in [5.41, 5.74) is 1.68. The highest BCUT2D eigenvalue weighted by Gasteiger charge is 2.14. The Morgan fingerprint density at radius 3 is 2.81 bits per heavy atom. The van der Waals surface area contributed by atoms with Crippen LogP contribution >= 0.6 is 0 Å². The highest BCUT2D eigenvalue weighted by atomic mass is 19.1. The average molecular weight is 291 g/mol. The summed E-state index contributed by atoms with van der Waals surface area (Å²) in [4.78, 5) is 5.97. The zero-order chi connectivity index (χ0) is 15.2. The third kappa shape index (κ3) is 3.82. The van der Waals surface area contributed by atoms with E-state index in [1.165, 1.54) is 0 Å². The number of nitrogens with zero attached hydrogens (tertiary/aromatic N) is 2. The molecule has 0 bridgehead atoms. The molecule has 0 saturated heterocycles. The molecule has 2 aromatic rings. The number of hydrogen-bond acceptors (Lipinski definition) is 4. The highest BCUT2D eigenvalue weighted by molar-refractivity contribution is 5.43. The van der Waals surface area contributed by atoms with E-state index in [2.05, 4.69) is 17.2 Å². The highest BCUT2D eigenvalue weighted by Crippen LogP contribution is 2.21. The second kappa shape index (κ2) is 7.22. The Kier molecular flexibility index (Phi) is 5.33.